The minimum Gasteiger partial charge on any atom is -0.445 e. The predicted octanol–water partition coefficient (Wildman–Crippen LogP) is 2.66. The molecule has 17 heavy (non-hydrogen) atoms. The maximum Gasteiger partial charge on any atom is 0.407 e. The third-order valence-electron chi connectivity index (χ3n) is 3.13. The molecule has 4 heteroatoms. The summed E-state index contributed by atoms with van der Waals surface area (Å²) >= 11 is 0. The summed E-state index contributed by atoms with van der Waals surface area (Å²) in [5.41, 5.74) is 0.943. The van der Waals surface area contributed by atoms with E-state index in [0.29, 0.717) is 0 Å². The van der Waals surface area contributed by atoms with Gasteiger partial charge in [-0.3, -0.25) is 4.39 Å². The lowest BCUT2D eigenvalue weighted by atomic mass is 9.81. The zero-order valence-electron chi connectivity index (χ0n) is 9.56. The van der Waals surface area contributed by atoms with Crippen molar-refractivity contribution in [1.82, 2.24) is 5.32 Å². The largest absolute Gasteiger partial charge is 0.445 e. The highest BCUT2D eigenvalue weighted by molar-refractivity contribution is 5.67. The van der Waals surface area contributed by atoms with E-state index in [1.54, 1.807) is 0 Å². The number of alkyl carbamates (subject to hydrolysis) is 1. The lowest BCUT2D eigenvalue weighted by molar-refractivity contribution is 0.111. The highest BCUT2D eigenvalue weighted by Crippen LogP contribution is 2.27. The van der Waals surface area contributed by atoms with Crippen molar-refractivity contribution >= 4 is 6.09 Å². The molecule has 0 spiro atoms. The lowest BCUT2D eigenvalue weighted by Crippen LogP contribution is -2.47. The summed E-state index contributed by atoms with van der Waals surface area (Å²) in [5, 5.41) is 2.69. The smallest absolute Gasteiger partial charge is 0.407 e. The molecule has 1 N–H and O–H groups in total. The highest BCUT2D eigenvalue weighted by Gasteiger charge is 2.32. The SMILES string of the molecule is O=C(N[C@@H]1CC[C@H]1CF)OCc1ccccc1. The Kier molecular flexibility index (Phi) is 3.96. The van der Waals surface area contributed by atoms with Gasteiger partial charge in [0.25, 0.3) is 0 Å². The molecule has 1 amide bonds. The van der Waals surface area contributed by atoms with Gasteiger partial charge in [0.1, 0.15) is 6.61 Å². The van der Waals surface area contributed by atoms with Crippen molar-refractivity contribution in [3.05, 3.63) is 35.9 Å². The summed E-state index contributed by atoms with van der Waals surface area (Å²) in [6.07, 6.45) is 1.23. The van der Waals surface area contributed by atoms with Crippen molar-refractivity contribution < 1.29 is 13.9 Å². The monoisotopic (exact) mass is 237 g/mol. The summed E-state index contributed by atoms with van der Waals surface area (Å²) in [5.74, 6) is -0.0284. The topological polar surface area (TPSA) is 38.3 Å². The molecular weight excluding hydrogens is 221 g/mol. The Morgan fingerprint density at radius 1 is 1.35 bits per heavy atom. The summed E-state index contributed by atoms with van der Waals surface area (Å²) < 4.78 is 17.5. The molecule has 2 rings (SSSR count). The Balaban J connectivity index is 1.71. The van der Waals surface area contributed by atoms with Gasteiger partial charge >= 0.3 is 6.09 Å². The van der Waals surface area contributed by atoms with Crippen LogP contribution in [-0.2, 0) is 11.3 Å². The molecule has 3 nitrogen and oxygen atoms in total. The van der Waals surface area contributed by atoms with Gasteiger partial charge in [-0.1, -0.05) is 30.3 Å². The van der Waals surface area contributed by atoms with Crippen LogP contribution in [0, 0.1) is 5.92 Å². The van der Waals surface area contributed by atoms with Gasteiger partial charge in [0, 0.05) is 12.0 Å². The molecule has 2 atom stereocenters. The molecule has 0 aromatic heterocycles. The van der Waals surface area contributed by atoms with E-state index in [1.165, 1.54) is 0 Å². The number of hydrogen-bond donors (Lipinski definition) is 1. The van der Waals surface area contributed by atoms with Crippen molar-refractivity contribution in [2.45, 2.75) is 25.5 Å². The second kappa shape index (κ2) is 5.66. The molecule has 0 unspecified atom stereocenters. The number of hydrogen-bond acceptors (Lipinski definition) is 2. The first kappa shape index (κ1) is 11.9. The van der Waals surface area contributed by atoms with Crippen LogP contribution >= 0.6 is 0 Å². The van der Waals surface area contributed by atoms with Crippen LogP contribution in [0.1, 0.15) is 18.4 Å². The van der Waals surface area contributed by atoms with Crippen LogP contribution in [0.2, 0.25) is 0 Å². The number of nitrogens with one attached hydrogen (secondary N) is 1. The average molecular weight is 237 g/mol. The van der Waals surface area contributed by atoms with Crippen molar-refractivity contribution in [2.24, 2.45) is 5.92 Å². The third kappa shape index (κ3) is 3.19. The molecule has 1 fully saturated rings. The molecule has 0 aliphatic heterocycles. The lowest BCUT2D eigenvalue weighted by Gasteiger charge is -2.34. The summed E-state index contributed by atoms with van der Waals surface area (Å²) in [6, 6.07) is 9.41. The number of rotatable bonds is 4. The fourth-order valence-electron chi connectivity index (χ4n) is 1.86. The number of amides is 1. The average Bonchev–Trinajstić information content (AvgIpc) is 2.34. The molecular formula is C13H16FNO2. The molecule has 0 bridgehead atoms. The van der Waals surface area contributed by atoms with Crippen LogP contribution in [0.15, 0.2) is 30.3 Å². The molecule has 1 aromatic rings. The van der Waals surface area contributed by atoms with E-state index >= 15 is 0 Å². The standard InChI is InChI=1S/C13H16FNO2/c14-8-11-6-7-12(11)15-13(16)17-9-10-4-2-1-3-5-10/h1-5,11-12H,6-9H2,(H,15,16)/t11-,12+/m0/s1. The summed E-state index contributed by atoms with van der Waals surface area (Å²) in [6.45, 7) is -0.122. The fraction of sp³-hybridized carbons (Fsp3) is 0.462. The molecule has 1 aromatic carbocycles. The molecule has 0 saturated heterocycles. The van der Waals surface area contributed by atoms with Crippen LogP contribution in [0.3, 0.4) is 0 Å². The van der Waals surface area contributed by atoms with Crippen LogP contribution in [0.25, 0.3) is 0 Å². The minimum atomic E-state index is -0.461. The second-order valence-electron chi connectivity index (χ2n) is 4.30. The van der Waals surface area contributed by atoms with Crippen molar-refractivity contribution in [3.8, 4) is 0 Å². The summed E-state index contributed by atoms with van der Waals surface area (Å²) in [4.78, 5) is 11.4. The van der Waals surface area contributed by atoms with Gasteiger partial charge in [0.15, 0.2) is 0 Å². The van der Waals surface area contributed by atoms with Crippen LogP contribution in [-0.4, -0.2) is 18.8 Å². The Bertz CT molecular complexity index is 367. The molecule has 92 valence electrons. The van der Waals surface area contributed by atoms with Gasteiger partial charge in [0.2, 0.25) is 0 Å². The Labute approximate surface area is 100.0 Å². The fourth-order valence-corrected chi connectivity index (χ4v) is 1.86. The molecule has 1 aliphatic carbocycles. The van der Waals surface area contributed by atoms with Crippen molar-refractivity contribution in [1.29, 1.82) is 0 Å². The highest BCUT2D eigenvalue weighted by atomic mass is 19.1. The zero-order chi connectivity index (χ0) is 12.1. The van der Waals surface area contributed by atoms with Gasteiger partial charge in [-0.15, -0.1) is 0 Å². The number of ether oxygens (including phenoxy) is 1. The van der Waals surface area contributed by atoms with E-state index in [4.69, 9.17) is 4.74 Å². The van der Waals surface area contributed by atoms with E-state index < -0.39 is 6.09 Å². The van der Waals surface area contributed by atoms with E-state index in [1.807, 2.05) is 30.3 Å². The Morgan fingerprint density at radius 3 is 2.71 bits per heavy atom. The first-order chi connectivity index (χ1) is 8.29. The maximum atomic E-state index is 12.4. The van der Waals surface area contributed by atoms with Gasteiger partial charge in [-0.2, -0.15) is 0 Å². The molecule has 0 heterocycles. The van der Waals surface area contributed by atoms with Gasteiger partial charge < -0.3 is 10.1 Å². The number of carbonyl (C=O) groups excluding carboxylic acids is 1. The molecule has 1 aliphatic rings. The van der Waals surface area contributed by atoms with Crippen LogP contribution in [0.4, 0.5) is 9.18 Å². The minimum absolute atomic E-state index is 0.0284. The normalized spacial score (nSPS) is 22.6. The first-order valence-electron chi connectivity index (χ1n) is 5.83. The second-order valence-corrected chi connectivity index (χ2v) is 4.30. The molecule has 0 radical (unpaired) electrons. The van der Waals surface area contributed by atoms with E-state index in [9.17, 15) is 9.18 Å². The van der Waals surface area contributed by atoms with Gasteiger partial charge in [0.05, 0.1) is 6.67 Å². The van der Waals surface area contributed by atoms with Crippen molar-refractivity contribution in [3.63, 3.8) is 0 Å². The maximum absolute atomic E-state index is 12.4. The van der Waals surface area contributed by atoms with E-state index in [-0.39, 0.29) is 25.2 Å². The van der Waals surface area contributed by atoms with Crippen LogP contribution < -0.4 is 5.32 Å². The number of halogens is 1. The van der Waals surface area contributed by atoms with E-state index in [2.05, 4.69) is 5.32 Å². The first-order valence-corrected chi connectivity index (χ1v) is 5.83. The van der Waals surface area contributed by atoms with E-state index in [0.717, 1.165) is 18.4 Å². The Morgan fingerprint density at radius 2 is 2.12 bits per heavy atom. The van der Waals surface area contributed by atoms with Crippen LogP contribution in [0.5, 0.6) is 0 Å². The zero-order valence-corrected chi connectivity index (χ0v) is 9.56. The number of carbonyl (C=O) groups is 1. The summed E-state index contributed by atoms with van der Waals surface area (Å²) in [7, 11) is 0. The number of benzene rings is 1. The number of alkyl halides is 1. The third-order valence-corrected chi connectivity index (χ3v) is 3.13. The predicted molar refractivity (Wildman–Crippen MR) is 62.2 cm³/mol. The molecule has 1 saturated carbocycles. The quantitative estimate of drug-likeness (QED) is 0.874. The van der Waals surface area contributed by atoms with Crippen molar-refractivity contribution in [2.75, 3.05) is 6.67 Å². The Hall–Kier alpha value is -1.58. The van der Waals surface area contributed by atoms with Gasteiger partial charge in [-0.25, -0.2) is 4.79 Å². The van der Waals surface area contributed by atoms with Gasteiger partial charge in [-0.05, 0) is 18.4 Å².